The van der Waals surface area contributed by atoms with E-state index in [0.29, 0.717) is 28.0 Å². The molecule has 0 aliphatic heterocycles. The Labute approximate surface area is 141 Å². The summed E-state index contributed by atoms with van der Waals surface area (Å²) in [6.07, 6.45) is 0.470. The number of nitriles is 1. The molecule has 0 atom stereocenters. The van der Waals surface area contributed by atoms with Crippen LogP contribution in [0.5, 0.6) is 0 Å². The van der Waals surface area contributed by atoms with Crippen molar-refractivity contribution < 1.29 is 4.79 Å². The third-order valence-electron chi connectivity index (χ3n) is 2.89. The number of carbonyl (C=O) groups excluding carboxylic acids is 1. The van der Waals surface area contributed by atoms with Gasteiger partial charge in [-0.2, -0.15) is 5.26 Å². The fourth-order valence-electron chi connectivity index (χ4n) is 1.80. The number of nitrogens with one attached hydrogen (secondary N) is 2. The summed E-state index contributed by atoms with van der Waals surface area (Å²) in [4.78, 5) is 30.4. The van der Waals surface area contributed by atoms with Crippen molar-refractivity contribution in [2.24, 2.45) is 0 Å². The Morgan fingerprint density at radius 2 is 2.13 bits per heavy atom. The van der Waals surface area contributed by atoms with Crippen molar-refractivity contribution in [1.82, 2.24) is 9.97 Å². The van der Waals surface area contributed by atoms with Gasteiger partial charge in [0.1, 0.15) is 11.6 Å². The van der Waals surface area contributed by atoms with Gasteiger partial charge in [-0.05, 0) is 30.7 Å². The zero-order valence-electron chi connectivity index (χ0n) is 12.2. The Bertz CT molecular complexity index is 812. The number of amides is 1. The van der Waals surface area contributed by atoms with Crippen LogP contribution in [0.2, 0.25) is 5.02 Å². The zero-order valence-corrected chi connectivity index (χ0v) is 13.8. The highest BCUT2D eigenvalue weighted by molar-refractivity contribution is 7.99. The lowest BCUT2D eigenvalue weighted by molar-refractivity contribution is -0.113. The summed E-state index contributed by atoms with van der Waals surface area (Å²) >= 11 is 6.88. The van der Waals surface area contributed by atoms with Gasteiger partial charge in [-0.3, -0.25) is 9.59 Å². The number of aromatic amines is 1. The monoisotopic (exact) mass is 348 g/mol. The minimum absolute atomic E-state index is 0.0162. The van der Waals surface area contributed by atoms with Crippen LogP contribution < -0.4 is 10.9 Å². The lowest BCUT2D eigenvalue weighted by atomic mass is 10.2. The van der Waals surface area contributed by atoms with Crippen LogP contribution in [-0.2, 0) is 11.2 Å². The molecule has 1 amide bonds. The Balaban J connectivity index is 2.02. The summed E-state index contributed by atoms with van der Waals surface area (Å²) in [5.41, 5.74) is 0.592. The maximum atomic E-state index is 11.9. The number of aromatic nitrogens is 2. The minimum atomic E-state index is -0.486. The highest BCUT2D eigenvalue weighted by Crippen LogP contribution is 2.16. The maximum Gasteiger partial charge on any atom is 0.269 e. The lowest BCUT2D eigenvalue weighted by Crippen LogP contribution is -2.18. The molecule has 6 nitrogen and oxygen atoms in total. The number of anilines is 1. The van der Waals surface area contributed by atoms with E-state index >= 15 is 0 Å². The van der Waals surface area contributed by atoms with Crippen molar-refractivity contribution in [1.29, 1.82) is 5.26 Å². The largest absolute Gasteiger partial charge is 0.325 e. The number of hydrogen-bond donors (Lipinski definition) is 2. The quantitative estimate of drug-likeness (QED) is 0.639. The summed E-state index contributed by atoms with van der Waals surface area (Å²) in [6, 6.07) is 8.59. The van der Waals surface area contributed by atoms with Crippen LogP contribution in [0, 0.1) is 11.3 Å². The standard InChI is InChI=1S/C15H13ClN4O2S/c1-2-12-11(7-17)14(22)20-15(19-12)23-8-13(21)18-10-5-3-9(16)4-6-10/h3-6H,2,8H2,1H3,(H,18,21)(H,19,20,22). The first kappa shape index (κ1) is 17.1. The van der Waals surface area contributed by atoms with Crippen LogP contribution in [0.25, 0.3) is 0 Å². The molecule has 0 spiro atoms. The van der Waals surface area contributed by atoms with Gasteiger partial charge < -0.3 is 10.3 Å². The average molecular weight is 349 g/mol. The number of H-pyrrole nitrogens is 1. The number of nitrogens with zero attached hydrogens (tertiary/aromatic N) is 2. The van der Waals surface area contributed by atoms with Gasteiger partial charge in [0.15, 0.2) is 5.16 Å². The Morgan fingerprint density at radius 1 is 1.43 bits per heavy atom. The van der Waals surface area contributed by atoms with Crippen LogP contribution >= 0.6 is 23.4 Å². The molecule has 2 N–H and O–H groups in total. The van der Waals surface area contributed by atoms with Gasteiger partial charge in [0.2, 0.25) is 5.91 Å². The molecule has 118 valence electrons. The zero-order chi connectivity index (χ0) is 16.8. The summed E-state index contributed by atoms with van der Waals surface area (Å²) in [5.74, 6) is -0.150. The van der Waals surface area contributed by atoms with E-state index in [0.717, 1.165) is 11.8 Å². The van der Waals surface area contributed by atoms with Crippen molar-refractivity contribution in [3.8, 4) is 6.07 Å². The van der Waals surface area contributed by atoms with Gasteiger partial charge in [-0.15, -0.1) is 0 Å². The molecule has 0 saturated heterocycles. The first-order valence-electron chi connectivity index (χ1n) is 6.75. The van der Waals surface area contributed by atoms with Crippen molar-refractivity contribution >= 4 is 35.0 Å². The van der Waals surface area contributed by atoms with Crippen molar-refractivity contribution in [2.75, 3.05) is 11.1 Å². The Hall–Kier alpha value is -2.30. The second-order valence-electron chi connectivity index (χ2n) is 4.50. The second-order valence-corrected chi connectivity index (χ2v) is 5.90. The molecule has 2 rings (SSSR count). The van der Waals surface area contributed by atoms with E-state index in [9.17, 15) is 9.59 Å². The van der Waals surface area contributed by atoms with Gasteiger partial charge in [0.05, 0.1) is 11.4 Å². The van der Waals surface area contributed by atoms with Crippen LogP contribution in [-0.4, -0.2) is 21.6 Å². The fourth-order valence-corrected chi connectivity index (χ4v) is 2.61. The highest BCUT2D eigenvalue weighted by atomic mass is 35.5. The molecule has 0 fully saturated rings. The summed E-state index contributed by atoms with van der Waals surface area (Å²) in [6.45, 7) is 1.81. The number of carbonyl (C=O) groups is 1. The Morgan fingerprint density at radius 3 is 2.74 bits per heavy atom. The average Bonchev–Trinajstić information content (AvgIpc) is 2.54. The molecular weight excluding hydrogens is 336 g/mol. The normalized spacial score (nSPS) is 10.1. The number of benzene rings is 1. The smallest absolute Gasteiger partial charge is 0.269 e. The summed E-state index contributed by atoms with van der Waals surface area (Å²) in [7, 11) is 0. The maximum absolute atomic E-state index is 11.9. The first-order chi connectivity index (χ1) is 11.0. The molecular formula is C15H13ClN4O2S. The molecule has 1 heterocycles. The molecule has 0 bridgehead atoms. The second kappa shape index (κ2) is 7.81. The molecule has 0 aliphatic carbocycles. The molecule has 1 aromatic heterocycles. The first-order valence-corrected chi connectivity index (χ1v) is 8.11. The van der Waals surface area contributed by atoms with E-state index in [1.807, 2.05) is 13.0 Å². The molecule has 0 unspecified atom stereocenters. The lowest BCUT2D eigenvalue weighted by Gasteiger charge is -2.06. The van der Waals surface area contributed by atoms with E-state index < -0.39 is 5.56 Å². The molecule has 0 aliphatic rings. The van der Waals surface area contributed by atoms with Crippen LogP contribution in [0.3, 0.4) is 0 Å². The van der Waals surface area contributed by atoms with Crippen LogP contribution in [0.15, 0.2) is 34.2 Å². The van der Waals surface area contributed by atoms with Gasteiger partial charge >= 0.3 is 0 Å². The van der Waals surface area contributed by atoms with Gasteiger partial charge in [0, 0.05) is 10.7 Å². The van der Waals surface area contributed by atoms with Crippen LogP contribution in [0.1, 0.15) is 18.2 Å². The number of aryl methyl sites for hydroxylation is 1. The van der Waals surface area contributed by atoms with E-state index in [1.54, 1.807) is 24.3 Å². The topological polar surface area (TPSA) is 98.6 Å². The van der Waals surface area contributed by atoms with Crippen molar-refractivity contribution in [3.05, 3.63) is 50.9 Å². The highest BCUT2D eigenvalue weighted by Gasteiger charge is 2.11. The van der Waals surface area contributed by atoms with Crippen LogP contribution in [0.4, 0.5) is 5.69 Å². The van der Waals surface area contributed by atoms with Gasteiger partial charge in [-0.1, -0.05) is 30.3 Å². The SMILES string of the molecule is CCc1nc(SCC(=O)Nc2ccc(Cl)cc2)[nH]c(=O)c1C#N. The third-order valence-corrected chi connectivity index (χ3v) is 4.01. The van der Waals surface area contributed by atoms with Crippen molar-refractivity contribution in [3.63, 3.8) is 0 Å². The number of thioether (sulfide) groups is 1. The fraction of sp³-hybridized carbons (Fsp3) is 0.200. The number of hydrogen-bond acceptors (Lipinski definition) is 5. The third kappa shape index (κ3) is 4.58. The van der Waals surface area contributed by atoms with Gasteiger partial charge in [-0.25, -0.2) is 4.98 Å². The summed E-state index contributed by atoms with van der Waals surface area (Å²) < 4.78 is 0. The molecule has 2 aromatic rings. The van der Waals surface area contributed by atoms with Crippen molar-refractivity contribution in [2.45, 2.75) is 18.5 Å². The minimum Gasteiger partial charge on any atom is -0.325 e. The van der Waals surface area contributed by atoms with Gasteiger partial charge in [0.25, 0.3) is 5.56 Å². The van der Waals surface area contributed by atoms with E-state index in [-0.39, 0.29) is 17.2 Å². The van der Waals surface area contributed by atoms with E-state index in [4.69, 9.17) is 16.9 Å². The van der Waals surface area contributed by atoms with E-state index in [1.165, 1.54) is 0 Å². The molecule has 1 aromatic carbocycles. The number of rotatable bonds is 5. The predicted molar refractivity (Wildman–Crippen MR) is 89.8 cm³/mol. The molecule has 23 heavy (non-hydrogen) atoms. The molecule has 8 heteroatoms. The predicted octanol–water partition coefficient (Wildman–Crippen LogP) is 2.59. The summed E-state index contributed by atoms with van der Waals surface area (Å²) in [5, 5.41) is 12.6. The number of halogens is 1. The van der Waals surface area contributed by atoms with E-state index in [2.05, 4.69) is 15.3 Å². The molecule has 0 radical (unpaired) electrons. The Kier molecular flexibility index (Phi) is 5.79. The molecule has 0 saturated carbocycles.